The largest absolute Gasteiger partial charge is 0.352 e. The molecular formula is C19H24FN3O. The highest BCUT2D eigenvalue weighted by Gasteiger charge is 2.30. The summed E-state index contributed by atoms with van der Waals surface area (Å²) in [5.74, 6) is -0.560. The van der Waals surface area contributed by atoms with Gasteiger partial charge in [0.2, 0.25) is 5.91 Å². The van der Waals surface area contributed by atoms with Crippen molar-refractivity contribution in [3.05, 3.63) is 71.5 Å². The highest BCUT2D eigenvalue weighted by Crippen LogP contribution is 2.20. The fraction of sp³-hybridized carbons (Fsp3) is 0.316. The summed E-state index contributed by atoms with van der Waals surface area (Å²) in [7, 11) is 3.78. The number of carbonyl (C=O) groups is 1. The van der Waals surface area contributed by atoms with Crippen molar-refractivity contribution in [2.75, 3.05) is 20.6 Å². The zero-order valence-electron chi connectivity index (χ0n) is 14.3. The van der Waals surface area contributed by atoms with Crippen LogP contribution in [0, 0.1) is 5.82 Å². The predicted molar refractivity (Wildman–Crippen MR) is 93.8 cm³/mol. The van der Waals surface area contributed by atoms with Crippen molar-refractivity contribution in [2.45, 2.75) is 18.5 Å². The van der Waals surface area contributed by atoms with Crippen molar-refractivity contribution >= 4 is 5.91 Å². The number of nitrogens with one attached hydrogen (secondary N) is 1. The van der Waals surface area contributed by atoms with E-state index in [1.165, 1.54) is 12.1 Å². The molecule has 1 amide bonds. The lowest BCUT2D eigenvalue weighted by atomic mass is 9.92. The lowest BCUT2D eigenvalue weighted by Gasteiger charge is -2.29. The van der Waals surface area contributed by atoms with Crippen molar-refractivity contribution in [1.82, 2.24) is 10.2 Å². The maximum Gasteiger partial charge on any atom is 0.244 e. The van der Waals surface area contributed by atoms with Gasteiger partial charge in [0.1, 0.15) is 11.4 Å². The van der Waals surface area contributed by atoms with Crippen molar-refractivity contribution in [3.63, 3.8) is 0 Å². The minimum atomic E-state index is -1.12. The summed E-state index contributed by atoms with van der Waals surface area (Å²) in [6.45, 7) is 2.03. The Morgan fingerprint density at radius 1 is 1.21 bits per heavy atom. The third-order valence-corrected chi connectivity index (χ3v) is 4.16. The first-order valence-electron chi connectivity index (χ1n) is 7.87. The number of amides is 1. The summed E-state index contributed by atoms with van der Waals surface area (Å²) in [4.78, 5) is 14.5. The number of hydrogen-bond donors (Lipinski definition) is 2. The average Bonchev–Trinajstić information content (AvgIpc) is 2.55. The Morgan fingerprint density at radius 3 is 2.46 bits per heavy atom. The lowest BCUT2D eigenvalue weighted by Crippen LogP contribution is -2.50. The van der Waals surface area contributed by atoms with Crippen LogP contribution in [-0.4, -0.2) is 31.4 Å². The second-order valence-electron chi connectivity index (χ2n) is 6.31. The van der Waals surface area contributed by atoms with Gasteiger partial charge in [0.15, 0.2) is 0 Å². The Labute approximate surface area is 142 Å². The number of benzene rings is 2. The topological polar surface area (TPSA) is 58.4 Å². The number of halogens is 1. The summed E-state index contributed by atoms with van der Waals surface area (Å²) in [5.41, 5.74) is 6.65. The first kappa shape index (κ1) is 18.1. The second kappa shape index (κ2) is 7.55. The highest BCUT2D eigenvalue weighted by atomic mass is 19.1. The van der Waals surface area contributed by atoms with Gasteiger partial charge in [0, 0.05) is 6.54 Å². The van der Waals surface area contributed by atoms with Crippen LogP contribution < -0.4 is 11.1 Å². The predicted octanol–water partition coefficient (Wildman–Crippen LogP) is 2.42. The highest BCUT2D eigenvalue weighted by molar-refractivity contribution is 5.87. The summed E-state index contributed by atoms with van der Waals surface area (Å²) in [5, 5.41) is 2.89. The molecule has 0 aliphatic heterocycles. The molecule has 0 bridgehead atoms. The minimum Gasteiger partial charge on any atom is -0.352 e. The number of hydrogen-bond acceptors (Lipinski definition) is 3. The Hall–Kier alpha value is -2.24. The van der Waals surface area contributed by atoms with E-state index in [1.54, 1.807) is 13.0 Å². The number of likely N-dealkylation sites (N-methyl/N-ethyl adjacent to an activating group) is 1. The molecule has 0 aliphatic rings. The standard InChI is InChI=1S/C19H24FN3O/c1-19(21,15-9-5-4-6-10-15)18(24)22-13-17(23(2)3)14-8-7-11-16(20)12-14/h4-12,17H,13,21H2,1-3H3,(H,22,24). The zero-order chi connectivity index (χ0) is 17.7. The molecule has 2 aromatic rings. The monoisotopic (exact) mass is 329 g/mol. The van der Waals surface area contributed by atoms with Gasteiger partial charge in [0.05, 0.1) is 6.04 Å². The van der Waals surface area contributed by atoms with Crippen molar-refractivity contribution in [3.8, 4) is 0 Å². The molecule has 0 aromatic heterocycles. The third kappa shape index (κ3) is 4.19. The molecule has 0 heterocycles. The first-order valence-corrected chi connectivity index (χ1v) is 7.87. The molecule has 3 N–H and O–H groups in total. The van der Waals surface area contributed by atoms with Gasteiger partial charge in [-0.2, -0.15) is 0 Å². The molecule has 24 heavy (non-hydrogen) atoms. The third-order valence-electron chi connectivity index (χ3n) is 4.16. The van der Waals surface area contributed by atoms with E-state index in [2.05, 4.69) is 5.32 Å². The molecular weight excluding hydrogens is 305 g/mol. The van der Waals surface area contributed by atoms with Crippen molar-refractivity contribution in [2.24, 2.45) is 5.73 Å². The van der Waals surface area contributed by atoms with E-state index in [9.17, 15) is 9.18 Å². The van der Waals surface area contributed by atoms with Gasteiger partial charge in [-0.05, 0) is 44.3 Å². The van der Waals surface area contributed by atoms with E-state index in [-0.39, 0.29) is 17.8 Å². The van der Waals surface area contributed by atoms with E-state index in [0.717, 1.165) is 11.1 Å². The quantitative estimate of drug-likeness (QED) is 0.856. The average molecular weight is 329 g/mol. The SMILES string of the molecule is CN(C)C(CNC(=O)C(C)(N)c1ccccc1)c1cccc(F)c1. The molecule has 0 saturated heterocycles. The lowest BCUT2D eigenvalue weighted by molar-refractivity contribution is -0.126. The molecule has 2 rings (SSSR count). The smallest absolute Gasteiger partial charge is 0.244 e. The zero-order valence-corrected chi connectivity index (χ0v) is 14.3. The minimum absolute atomic E-state index is 0.142. The van der Waals surface area contributed by atoms with Crippen molar-refractivity contribution < 1.29 is 9.18 Å². The van der Waals surface area contributed by atoms with E-state index in [0.29, 0.717) is 6.54 Å². The molecule has 0 saturated carbocycles. The number of nitrogens with zero attached hydrogens (tertiary/aromatic N) is 1. The number of carbonyl (C=O) groups excluding carboxylic acids is 1. The van der Waals surface area contributed by atoms with Gasteiger partial charge in [-0.25, -0.2) is 4.39 Å². The fourth-order valence-electron chi connectivity index (χ4n) is 2.60. The van der Waals surface area contributed by atoms with Crippen molar-refractivity contribution in [1.29, 1.82) is 0 Å². The molecule has 4 nitrogen and oxygen atoms in total. The molecule has 2 unspecified atom stereocenters. The molecule has 2 aromatic carbocycles. The molecule has 0 spiro atoms. The molecule has 0 aliphatic carbocycles. The van der Waals surface area contributed by atoms with Crippen LogP contribution in [0.1, 0.15) is 24.1 Å². The Balaban J connectivity index is 2.11. The van der Waals surface area contributed by atoms with Gasteiger partial charge in [-0.3, -0.25) is 4.79 Å². The second-order valence-corrected chi connectivity index (χ2v) is 6.31. The van der Waals surface area contributed by atoms with Gasteiger partial charge in [0.25, 0.3) is 0 Å². The van der Waals surface area contributed by atoms with E-state index >= 15 is 0 Å². The fourth-order valence-corrected chi connectivity index (χ4v) is 2.60. The van der Waals surface area contributed by atoms with Crippen LogP contribution in [0.25, 0.3) is 0 Å². The first-order chi connectivity index (χ1) is 11.3. The van der Waals surface area contributed by atoms with Gasteiger partial charge in [-0.1, -0.05) is 42.5 Å². The number of rotatable bonds is 6. The van der Waals surface area contributed by atoms with Crippen LogP contribution in [0.4, 0.5) is 4.39 Å². The molecule has 2 atom stereocenters. The Kier molecular flexibility index (Phi) is 5.70. The summed E-state index contributed by atoms with van der Waals surface area (Å²) in [6, 6.07) is 15.5. The summed E-state index contributed by atoms with van der Waals surface area (Å²) >= 11 is 0. The van der Waals surface area contributed by atoms with E-state index < -0.39 is 5.54 Å². The maximum atomic E-state index is 13.5. The number of nitrogens with two attached hydrogens (primary N) is 1. The molecule has 5 heteroatoms. The summed E-state index contributed by atoms with van der Waals surface area (Å²) < 4.78 is 13.5. The summed E-state index contributed by atoms with van der Waals surface area (Å²) in [6.07, 6.45) is 0. The van der Waals surface area contributed by atoms with Crippen LogP contribution in [0.5, 0.6) is 0 Å². The van der Waals surface area contributed by atoms with Crippen LogP contribution in [0.15, 0.2) is 54.6 Å². The Bertz CT molecular complexity index is 686. The molecule has 0 fully saturated rings. The van der Waals surface area contributed by atoms with E-state index in [4.69, 9.17) is 5.73 Å². The Morgan fingerprint density at radius 2 is 1.88 bits per heavy atom. The normalized spacial score (nSPS) is 14.9. The van der Waals surface area contributed by atoms with Crippen LogP contribution in [0.3, 0.4) is 0 Å². The molecule has 128 valence electrons. The van der Waals surface area contributed by atoms with E-state index in [1.807, 2.05) is 55.4 Å². The van der Waals surface area contributed by atoms with Crippen LogP contribution >= 0.6 is 0 Å². The maximum absolute atomic E-state index is 13.5. The van der Waals surface area contributed by atoms with Gasteiger partial charge >= 0.3 is 0 Å². The van der Waals surface area contributed by atoms with Gasteiger partial charge < -0.3 is 16.0 Å². The van der Waals surface area contributed by atoms with Crippen LogP contribution in [0.2, 0.25) is 0 Å². The van der Waals surface area contributed by atoms with Gasteiger partial charge in [-0.15, -0.1) is 0 Å². The molecule has 0 radical (unpaired) electrons. The van der Waals surface area contributed by atoms with Crippen LogP contribution in [-0.2, 0) is 10.3 Å².